The molecule has 0 aromatic carbocycles. The van der Waals surface area contributed by atoms with Crippen LogP contribution in [0.1, 0.15) is 10.4 Å². The number of nitrogens with two attached hydrogens (primary N) is 1. The molecule has 1 heterocycles. The first-order valence-electron chi connectivity index (χ1n) is 3.56. The highest BCUT2D eigenvalue weighted by atomic mass is 16.5. The molecular weight excluding hydrogens is 170 g/mol. The minimum absolute atomic E-state index is 0.151. The Balaban J connectivity index is 2.81. The fourth-order valence-corrected chi connectivity index (χ4v) is 0.705. The molecule has 0 atom stereocenters. The van der Waals surface area contributed by atoms with E-state index in [2.05, 4.69) is 14.7 Å². The quantitative estimate of drug-likeness (QED) is 0.493. The van der Waals surface area contributed by atoms with Crippen molar-refractivity contribution in [2.45, 2.75) is 0 Å². The van der Waals surface area contributed by atoms with Gasteiger partial charge in [-0.05, 0) is 12.1 Å². The number of aromatic nitrogens is 1. The lowest BCUT2D eigenvalue weighted by atomic mass is 10.3. The van der Waals surface area contributed by atoms with Crippen molar-refractivity contribution in [1.82, 2.24) is 4.98 Å². The van der Waals surface area contributed by atoms with E-state index in [-0.39, 0.29) is 6.02 Å². The van der Waals surface area contributed by atoms with Crippen LogP contribution in [-0.2, 0) is 4.74 Å². The van der Waals surface area contributed by atoms with Crippen molar-refractivity contribution in [2.75, 3.05) is 7.11 Å². The molecule has 1 rings (SSSR count). The molecule has 0 aliphatic rings. The lowest BCUT2D eigenvalue weighted by Gasteiger charge is -1.96. The highest BCUT2D eigenvalue weighted by molar-refractivity contribution is 6.00. The molecule has 2 N–H and O–H groups in total. The average molecular weight is 179 g/mol. The minimum Gasteiger partial charge on any atom is -0.468 e. The maximum absolute atomic E-state index is 11.2. The molecule has 1 amide bonds. The third-order valence-electron chi connectivity index (χ3n) is 1.35. The van der Waals surface area contributed by atoms with Gasteiger partial charge in [-0.2, -0.15) is 4.99 Å². The van der Waals surface area contributed by atoms with Crippen LogP contribution in [0.4, 0.5) is 0 Å². The van der Waals surface area contributed by atoms with Crippen molar-refractivity contribution < 1.29 is 9.53 Å². The second-order valence-electron chi connectivity index (χ2n) is 2.20. The van der Waals surface area contributed by atoms with Crippen molar-refractivity contribution in [3.63, 3.8) is 0 Å². The number of rotatable bonds is 1. The number of carbonyl (C=O) groups excluding carboxylic acids is 1. The molecule has 0 aliphatic heterocycles. The van der Waals surface area contributed by atoms with Crippen LogP contribution in [0.3, 0.4) is 0 Å². The van der Waals surface area contributed by atoms with Crippen LogP contribution in [0.2, 0.25) is 0 Å². The Bertz CT molecular complexity index is 321. The summed E-state index contributed by atoms with van der Waals surface area (Å²) >= 11 is 0. The predicted molar refractivity (Wildman–Crippen MR) is 47.2 cm³/mol. The highest BCUT2D eigenvalue weighted by Gasteiger charge is 2.03. The summed E-state index contributed by atoms with van der Waals surface area (Å²) in [4.78, 5) is 18.5. The van der Waals surface area contributed by atoms with Crippen molar-refractivity contribution in [1.29, 1.82) is 0 Å². The van der Waals surface area contributed by atoms with Crippen molar-refractivity contribution >= 4 is 11.9 Å². The van der Waals surface area contributed by atoms with Crippen LogP contribution < -0.4 is 5.73 Å². The molecule has 0 spiro atoms. The molecule has 0 radical (unpaired) electrons. The van der Waals surface area contributed by atoms with Crippen LogP contribution in [0.15, 0.2) is 29.5 Å². The zero-order valence-electron chi connectivity index (χ0n) is 7.10. The van der Waals surface area contributed by atoms with Gasteiger partial charge in [-0.25, -0.2) is 0 Å². The van der Waals surface area contributed by atoms with E-state index in [1.807, 2.05) is 0 Å². The predicted octanol–water partition coefficient (Wildman–Crippen LogP) is 0.183. The Hall–Kier alpha value is -1.91. The first-order valence-corrected chi connectivity index (χ1v) is 3.56. The molecule has 0 fully saturated rings. The summed E-state index contributed by atoms with van der Waals surface area (Å²) in [7, 11) is 1.35. The van der Waals surface area contributed by atoms with Gasteiger partial charge in [0, 0.05) is 18.0 Å². The van der Waals surface area contributed by atoms with Crippen molar-refractivity contribution in [3.8, 4) is 0 Å². The van der Waals surface area contributed by atoms with E-state index in [0.717, 1.165) is 0 Å². The molecular formula is C8H9N3O2. The van der Waals surface area contributed by atoms with Crippen LogP contribution in [0, 0.1) is 0 Å². The van der Waals surface area contributed by atoms with Gasteiger partial charge in [0.05, 0.1) is 7.11 Å². The zero-order valence-corrected chi connectivity index (χ0v) is 7.10. The highest BCUT2D eigenvalue weighted by Crippen LogP contribution is 1.98. The first-order chi connectivity index (χ1) is 6.24. The Morgan fingerprint density at radius 3 is 2.69 bits per heavy atom. The number of aliphatic imine (C=N–C) groups is 1. The van der Waals surface area contributed by atoms with Crippen LogP contribution in [-0.4, -0.2) is 24.0 Å². The van der Waals surface area contributed by atoms with Crippen molar-refractivity contribution in [3.05, 3.63) is 30.1 Å². The monoisotopic (exact) mass is 179 g/mol. The maximum atomic E-state index is 11.2. The number of carbonyl (C=O) groups is 1. The van der Waals surface area contributed by atoms with Crippen LogP contribution in [0.5, 0.6) is 0 Å². The maximum Gasteiger partial charge on any atom is 0.289 e. The number of amides is 1. The molecule has 0 saturated carbocycles. The summed E-state index contributed by atoms with van der Waals surface area (Å²) in [6, 6.07) is 2.95. The summed E-state index contributed by atoms with van der Waals surface area (Å²) in [6.07, 6.45) is 3.01. The number of ether oxygens (including phenoxy) is 1. The van der Waals surface area contributed by atoms with E-state index >= 15 is 0 Å². The smallest absolute Gasteiger partial charge is 0.289 e. The number of methoxy groups -OCH3 is 1. The third kappa shape index (κ3) is 2.55. The molecule has 1 aromatic heterocycles. The van der Waals surface area contributed by atoms with Crippen LogP contribution in [0.25, 0.3) is 0 Å². The van der Waals surface area contributed by atoms with Gasteiger partial charge in [0.1, 0.15) is 0 Å². The fraction of sp³-hybridized carbons (Fsp3) is 0.125. The Kier molecular flexibility index (Phi) is 2.97. The average Bonchev–Trinajstić information content (AvgIpc) is 2.19. The summed E-state index contributed by atoms with van der Waals surface area (Å²) in [5, 5.41) is 0. The molecule has 5 nitrogen and oxygen atoms in total. The number of nitrogens with zero attached hydrogens (tertiary/aromatic N) is 2. The second kappa shape index (κ2) is 4.20. The Morgan fingerprint density at radius 1 is 1.54 bits per heavy atom. The largest absolute Gasteiger partial charge is 0.468 e. The molecule has 13 heavy (non-hydrogen) atoms. The minimum atomic E-state index is -0.443. The topological polar surface area (TPSA) is 77.6 Å². The fourth-order valence-electron chi connectivity index (χ4n) is 0.705. The van der Waals surface area contributed by atoms with Gasteiger partial charge in [-0.3, -0.25) is 9.78 Å². The van der Waals surface area contributed by atoms with E-state index < -0.39 is 5.91 Å². The number of pyridine rings is 1. The Morgan fingerprint density at radius 2 is 2.15 bits per heavy atom. The first kappa shape index (κ1) is 9.18. The zero-order chi connectivity index (χ0) is 9.68. The van der Waals surface area contributed by atoms with Gasteiger partial charge in [0.2, 0.25) is 0 Å². The number of hydrogen-bond donors (Lipinski definition) is 1. The molecule has 0 unspecified atom stereocenters. The van der Waals surface area contributed by atoms with Gasteiger partial charge in [0.15, 0.2) is 0 Å². The lowest BCUT2D eigenvalue weighted by molar-refractivity contribution is 0.0999. The number of hydrogen-bond acceptors (Lipinski definition) is 3. The van der Waals surface area contributed by atoms with Gasteiger partial charge < -0.3 is 10.5 Å². The summed E-state index contributed by atoms with van der Waals surface area (Å²) in [5.41, 5.74) is 5.63. The normalized spacial score (nSPS) is 11.0. The summed E-state index contributed by atoms with van der Waals surface area (Å²) in [5.74, 6) is -0.443. The van der Waals surface area contributed by atoms with Gasteiger partial charge in [-0.15, -0.1) is 0 Å². The van der Waals surface area contributed by atoms with E-state index in [0.29, 0.717) is 5.56 Å². The molecule has 1 aromatic rings. The SMILES string of the molecule is COC(N)=NC(=O)c1ccncc1. The van der Waals surface area contributed by atoms with E-state index in [1.165, 1.54) is 19.5 Å². The lowest BCUT2D eigenvalue weighted by Crippen LogP contribution is -2.16. The van der Waals surface area contributed by atoms with Crippen LogP contribution >= 0.6 is 0 Å². The van der Waals surface area contributed by atoms with E-state index in [1.54, 1.807) is 12.1 Å². The van der Waals surface area contributed by atoms with E-state index in [4.69, 9.17) is 5.73 Å². The molecule has 0 saturated heterocycles. The van der Waals surface area contributed by atoms with Gasteiger partial charge in [-0.1, -0.05) is 0 Å². The Labute approximate surface area is 75.3 Å². The molecule has 0 aliphatic carbocycles. The van der Waals surface area contributed by atoms with Gasteiger partial charge in [0.25, 0.3) is 11.9 Å². The standard InChI is InChI=1S/C8H9N3O2/c1-13-8(9)11-7(12)6-2-4-10-5-3-6/h2-5H,1H3,(H2,9,11,12). The summed E-state index contributed by atoms with van der Waals surface area (Å²) in [6.45, 7) is 0. The molecule has 68 valence electrons. The second-order valence-corrected chi connectivity index (χ2v) is 2.20. The molecule has 0 bridgehead atoms. The van der Waals surface area contributed by atoms with Crippen molar-refractivity contribution in [2.24, 2.45) is 10.7 Å². The van der Waals surface area contributed by atoms with E-state index in [9.17, 15) is 4.79 Å². The van der Waals surface area contributed by atoms with Gasteiger partial charge >= 0.3 is 0 Å². The summed E-state index contributed by atoms with van der Waals surface area (Å²) < 4.78 is 4.53. The molecule has 5 heteroatoms. The number of amidine groups is 1. The third-order valence-corrected chi connectivity index (χ3v) is 1.35.